The van der Waals surface area contributed by atoms with Crippen LogP contribution in [0.4, 0.5) is 4.79 Å². The van der Waals surface area contributed by atoms with Gasteiger partial charge in [0.05, 0.1) is 12.2 Å². The number of aromatic nitrogens is 2. The first-order valence-electron chi connectivity index (χ1n) is 9.45. The molecule has 6 heteroatoms. The minimum absolute atomic E-state index is 0.121. The summed E-state index contributed by atoms with van der Waals surface area (Å²) in [4.78, 5) is 12.0. The van der Waals surface area contributed by atoms with Crippen molar-refractivity contribution in [2.24, 2.45) is 0 Å². The second kappa shape index (κ2) is 8.39. The van der Waals surface area contributed by atoms with Gasteiger partial charge in [-0.1, -0.05) is 30.3 Å². The summed E-state index contributed by atoms with van der Waals surface area (Å²) < 4.78 is 2.06. The van der Waals surface area contributed by atoms with Crippen molar-refractivity contribution in [3.8, 4) is 11.3 Å². The fourth-order valence-corrected chi connectivity index (χ4v) is 3.82. The largest absolute Gasteiger partial charge is 0.338 e. The van der Waals surface area contributed by atoms with Crippen molar-refractivity contribution in [2.45, 2.75) is 31.7 Å². The van der Waals surface area contributed by atoms with Crippen LogP contribution in [0, 0.1) is 0 Å². The molecule has 3 aromatic rings. The van der Waals surface area contributed by atoms with Crippen LogP contribution in [-0.4, -0.2) is 28.9 Å². The Labute approximate surface area is 163 Å². The molecule has 2 heterocycles. The lowest BCUT2D eigenvalue weighted by atomic mass is 10.1. The van der Waals surface area contributed by atoms with Crippen LogP contribution in [0.3, 0.4) is 0 Å². The SMILES string of the molecule is O=C(NCCc1ccccc1)NCCn1nc(-c2ccsc2)cc1C1CC1. The van der Waals surface area contributed by atoms with E-state index >= 15 is 0 Å². The van der Waals surface area contributed by atoms with E-state index in [1.807, 2.05) is 18.2 Å². The molecule has 1 aliphatic rings. The summed E-state index contributed by atoms with van der Waals surface area (Å²) in [6, 6.07) is 14.4. The number of carbonyl (C=O) groups is 1. The molecule has 2 N–H and O–H groups in total. The Kier molecular flexibility index (Phi) is 5.53. The van der Waals surface area contributed by atoms with Crippen LogP contribution >= 0.6 is 11.3 Å². The van der Waals surface area contributed by atoms with Gasteiger partial charge in [-0.05, 0) is 42.3 Å². The Morgan fingerprint density at radius 2 is 1.96 bits per heavy atom. The predicted octanol–water partition coefficient (Wildman–Crippen LogP) is 4.03. The van der Waals surface area contributed by atoms with E-state index in [1.54, 1.807) is 11.3 Å². The zero-order valence-electron chi connectivity index (χ0n) is 15.2. The number of benzene rings is 1. The Balaban J connectivity index is 1.25. The first-order chi connectivity index (χ1) is 13.3. The van der Waals surface area contributed by atoms with Gasteiger partial charge in [-0.25, -0.2) is 4.79 Å². The molecular formula is C21H24N4OS. The van der Waals surface area contributed by atoms with E-state index in [9.17, 15) is 4.79 Å². The lowest BCUT2D eigenvalue weighted by Crippen LogP contribution is -2.38. The van der Waals surface area contributed by atoms with Gasteiger partial charge in [0.15, 0.2) is 0 Å². The minimum Gasteiger partial charge on any atom is -0.338 e. The fraction of sp³-hybridized carbons (Fsp3) is 0.333. The molecule has 0 radical (unpaired) electrons. The number of urea groups is 1. The molecule has 4 rings (SSSR count). The van der Waals surface area contributed by atoms with Gasteiger partial charge >= 0.3 is 6.03 Å². The van der Waals surface area contributed by atoms with Crippen LogP contribution in [0.2, 0.25) is 0 Å². The van der Waals surface area contributed by atoms with Gasteiger partial charge in [0.2, 0.25) is 0 Å². The fourth-order valence-electron chi connectivity index (χ4n) is 3.17. The maximum absolute atomic E-state index is 12.0. The molecule has 0 unspecified atom stereocenters. The standard InChI is InChI=1S/C21H24N4OS/c26-21(22-10-8-16-4-2-1-3-5-16)23-11-12-25-20(17-6-7-17)14-19(24-25)18-9-13-27-15-18/h1-5,9,13-15,17H,6-8,10-12H2,(H2,22,23,26). The van der Waals surface area contributed by atoms with E-state index in [4.69, 9.17) is 5.10 Å². The Hall–Kier alpha value is -2.60. The van der Waals surface area contributed by atoms with E-state index in [0.717, 1.165) is 12.1 Å². The van der Waals surface area contributed by atoms with Gasteiger partial charge in [0.25, 0.3) is 0 Å². The molecule has 27 heavy (non-hydrogen) atoms. The molecule has 1 saturated carbocycles. The smallest absolute Gasteiger partial charge is 0.314 e. The summed E-state index contributed by atoms with van der Waals surface area (Å²) in [7, 11) is 0. The average molecular weight is 381 g/mol. The maximum Gasteiger partial charge on any atom is 0.314 e. The van der Waals surface area contributed by atoms with Gasteiger partial charge in [-0.3, -0.25) is 4.68 Å². The highest BCUT2D eigenvalue weighted by atomic mass is 32.1. The number of rotatable bonds is 8. The molecule has 140 valence electrons. The average Bonchev–Trinajstić information content (AvgIpc) is 3.21. The molecule has 1 aliphatic carbocycles. The quantitative estimate of drug-likeness (QED) is 0.620. The van der Waals surface area contributed by atoms with Crippen LogP contribution in [-0.2, 0) is 13.0 Å². The van der Waals surface area contributed by atoms with Crippen molar-refractivity contribution in [2.75, 3.05) is 13.1 Å². The molecule has 1 fully saturated rings. The van der Waals surface area contributed by atoms with Gasteiger partial charge in [-0.15, -0.1) is 0 Å². The van der Waals surface area contributed by atoms with E-state index in [0.29, 0.717) is 25.6 Å². The number of hydrogen-bond donors (Lipinski definition) is 2. The molecule has 2 aromatic heterocycles. The van der Waals surface area contributed by atoms with Gasteiger partial charge in [0.1, 0.15) is 0 Å². The van der Waals surface area contributed by atoms with Crippen molar-refractivity contribution >= 4 is 17.4 Å². The normalized spacial score (nSPS) is 13.5. The second-order valence-corrected chi connectivity index (χ2v) is 7.66. The van der Waals surface area contributed by atoms with E-state index in [1.165, 1.54) is 29.7 Å². The van der Waals surface area contributed by atoms with Crippen molar-refractivity contribution in [1.82, 2.24) is 20.4 Å². The summed E-state index contributed by atoms with van der Waals surface area (Å²) in [5.41, 5.74) is 4.73. The van der Waals surface area contributed by atoms with Crippen LogP contribution < -0.4 is 10.6 Å². The third-order valence-electron chi connectivity index (χ3n) is 4.77. The number of nitrogens with zero attached hydrogens (tertiary/aromatic N) is 2. The number of amides is 2. The summed E-state index contributed by atoms with van der Waals surface area (Å²) in [6.07, 6.45) is 3.31. The molecule has 0 saturated heterocycles. The number of carbonyl (C=O) groups excluding carboxylic acids is 1. The molecule has 0 atom stereocenters. The predicted molar refractivity (Wildman–Crippen MR) is 109 cm³/mol. The number of nitrogens with one attached hydrogen (secondary N) is 2. The third-order valence-corrected chi connectivity index (χ3v) is 5.46. The summed E-state index contributed by atoms with van der Waals surface area (Å²) >= 11 is 1.69. The zero-order chi connectivity index (χ0) is 18.5. The lowest BCUT2D eigenvalue weighted by molar-refractivity contribution is 0.240. The molecule has 2 amide bonds. The minimum atomic E-state index is -0.121. The maximum atomic E-state index is 12.0. The van der Waals surface area contributed by atoms with Crippen molar-refractivity contribution in [3.63, 3.8) is 0 Å². The first kappa shape index (κ1) is 17.8. The van der Waals surface area contributed by atoms with Crippen LogP contribution in [0.5, 0.6) is 0 Å². The molecule has 0 bridgehead atoms. The monoisotopic (exact) mass is 380 g/mol. The highest BCUT2D eigenvalue weighted by Crippen LogP contribution is 2.41. The van der Waals surface area contributed by atoms with Crippen LogP contribution in [0.15, 0.2) is 53.2 Å². The zero-order valence-corrected chi connectivity index (χ0v) is 16.0. The van der Waals surface area contributed by atoms with Crippen molar-refractivity contribution in [3.05, 3.63) is 64.5 Å². The van der Waals surface area contributed by atoms with Crippen molar-refractivity contribution < 1.29 is 4.79 Å². The topological polar surface area (TPSA) is 59.0 Å². The second-order valence-electron chi connectivity index (χ2n) is 6.88. The summed E-state index contributed by atoms with van der Waals surface area (Å²) in [6.45, 7) is 1.90. The van der Waals surface area contributed by atoms with E-state index in [-0.39, 0.29) is 6.03 Å². The highest BCUT2D eigenvalue weighted by molar-refractivity contribution is 7.08. The van der Waals surface area contributed by atoms with Crippen molar-refractivity contribution in [1.29, 1.82) is 0 Å². The molecular weight excluding hydrogens is 356 g/mol. The number of thiophene rings is 1. The Morgan fingerprint density at radius 1 is 1.15 bits per heavy atom. The third kappa shape index (κ3) is 4.77. The number of hydrogen-bond acceptors (Lipinski definition) is 3. The lowest BCUT2D eigenvalue weighted by Gasteiger charge is -2.09. The molecule has 5 nitrogen and oxygen atoms in total. The molecule has 0 spiro atoms. The van der Waals surface area contributed by atoms with Crippen LogP contribution in [0.25, 0.3) is 11.3 Å². The van der Waals surface area contributed by atoms with Gasteiger partial charge in [-0.2, -0.15) is 16.4 Å². The van der Waals surface area contributed by atoms with Gasteiger partial charge < -0.3 is 10.6 Å². The first-order valence-corrected chi connectivity index (χ1v) is 10.4. The van der Waals surface area contributed by atoms with E-state index < -0.39 is 0 Å². The van der Waals surface area contributed by atoms with Gasteiger partial charge in [0, 0.05) is 35.6 Å². The Bertz CT molecular complexity index is 869. The molecule has 0 aliphatic heterocycles. The molecule has 1 aromatic carbocycles. The highest BCUT2D eigenvalue weighted by Gasteiger charge is 2.28. The van der Waals surface area contributed by atoms with E-state index in [2.05, 4.69) is 50.3 Å². The Morgan fingerprint density at radius 3 is 2.70 bits per heavy atom. The summed E-state index contributed by atoms with van der Waals surface area (Å²) in [5, 5.41) is 14.8. The summed E-state index contributed by atoms with van der Waals surface area (Å²) in [5.74, 6) is 0.629. The van der Waals surface area contributed by atoms with Crippen LogP contribution in [0.1, 0.15) is 30.0 Å².